The average molecular weight is 298 g/mol. The molecule has 0 spiro atoms. The fourth-order valence-electron chi connectivity index (χ4n) is 1.91. The van der Waals surface area contributed by atoms with Crippen molar-refractivity contribution in [3.63, 3.8) is 0 Å². The van der Waals surface area contributed by atoms with E-state index in [-0.39, 0.29) is 11.7 Å². The lowest BCUT2D eigenvalue weighted by Gasteiger charge is -2.03. The Balaban J connectivity index is 1.99. The third-order valence-electron chi connectivity index (χ3n) is 3.21. The SMILES string of the molecule is CCc1ccc(C(=O)N/N=C\c2ccc(OC)c(O)c2)cc1. The van der Waals surface area contributed by atoms with Gasteiger partial charge in [0.05, 0.1) is 13.3 Å². The number of nitrogens with one attached hydrogen (secondary N) is 1. The number of methoxy groups -OCH3 is 1. The summed E-state index contributed by atoms with van der Waals surface area (Å²) in [4.78, 5) is 11.9. The van der Waals surface area contributed by atoms with E-state index in [2.05, 4.69) is 17.5 Å². The van der Waals surface area contributed by atoms with E-state index in [1.165, 1.54) is 25.0 Å². The number of hydrogen-bond donors (Lipinski definition) is 2. The summed E-state index contributed by atoms with van der Waals surface area (Å²) in [5.41, 5.74) is 4.83. The largest absolute Gasteiger partial charge is 0.504 e. The van der Waals surface area contributed by atoms with Gasteiger partial charge in [-0.05, 0) is 47.9 Å². The highest BCUT2D eigenvalue weighted by atomic mass is 16.5. The minimum atomic E-state index is -0.281. The number of amides is 1. The lowest BCUT2D eigenvalue weighted by molar-refractivity contribution is 0.0955. The summed E-state index contributed by atoms with van der Waals surface area (Å²) < 4.78 is 4.96. The maximum absolute atomic E-state index is 11.9. The molecule has 0 heterocycles. The summed E-state index contributed by atoms with van der Waals surface area (Å²) in [6.07, 6.45) is 2.39. The van der Waals surface area contributed by atoms with Crippen molar-refractivity contribution in [3.8, 4) is 11.5 Å². The van der Waals surface area contributed by atoms with Gasteiger partial charge in [-0.15, -0.1) is 0 Å². The van der Waals surface area contributed by atoms with Crippen molar-refractivity contribution in [2.24, 2.45) is 5.10 Å². The molecule has 2 aromatic carbocycles. The van der Waals surface area contributed by atoms with Crippen LogP contribution in [0.3, 0.4) is 0 Å². The quantitative estimate of drug-likeness (QED) is 0.658. The van der Waals surface area contributed by atoms with Gasteiger partial charge in [-0.25, -0.2) is 5.43 Å². The summed E-state index contributed by atoms with van der Waals surface area (Å²) in [5.74, 6) is 0.127. The van der Waals surface area contributed by atoms with Gasteiger partial charge in [0.25, 0.3) is 5.91 Å². The first-order valence-corrected chi connectivity index (χ1v) is 6.93. The van der Waals surface area contributed by atoms with E-state index in [1.807, 2.05) is 12.1 Å². The molecule has 0 aromatic heterocycles. The summed E-state index contributed by atoms with van der Waals surface area (Å²) in [6.45, 7) is 2.06. The molecule has 1 amide bonds. The number of hydrazone groups is 1. The molecule has 114 valence electrons. The number of ether oxygens (including phenoxy) is 1. The van der Waals surface area contributed by atoms with Gasteiger partial charge in [0.2, 0.25) is 0 Å². The molecule has 2 N–H and O–H groups in total. The Hall–Kier alpha value is -2.82. The number of nitrogens with zero attached hydrogens (tertiary/aromatic N) is 1. The van der Waals surface area contributed by atoms with Crippen molar-refractivity contribution >= 4 is 12.1 Å². The maximum atomic E-state index is 11.9. The Morgan fingerprint density at radius 1 is 1.27 bits per heavy atom. The minimum Gasteiger partial charge on any atom is -0.504 e. The van der Waals surface area contributed by atoms with Crippen LogP contribution in [0.15, 0.2) is 47.6 Å². The summed E-state index contributed by atoms with van der Waals surface area (Å²) in [6, 6.07) is 12.2. The second-order valence-electron chi connectivity index (χ2n) is 4.68. The number of aryl methyl sites for hydroxylation is 1. The van der Waals surface area contributed by atoms with Crippen LogP contribution in [0.25, 0.3) is 0 Å². The monoisotopic (exact) mass is 298 g/mol. The molecule has 0 aliphatic carbocycles. The summed E-state index contributed by atoms with van der Waals surface area (Å²) in [5, 5.41) is 13.5. The molecule has 0 saturated heterocycles. The Kier molecular flexibility index (Phi) is 5.14. The standard InChI is InChI=1S/C17H18N2O3/c1-3-12-4-7-14(8-5-12)17(21)19-18-11-13-6-9-16(22-2)15(20)10-13/h4-11,20H,3H2,1-2H3,(H,19,21)/b18-11-. The zero-order valence-electron chi connectivity index (χ0n) is 12.5. The Morgan fingerprint density at radius 3 is 2.59 bits per heavy atom. The number of carbonyl (C=O) groups excluding carboxylic acids is 1. The zero-order valence-corrected chi connectivity index (χ0v) is 12.5. The molecule has 2 aromatic rings. The highest BCUT2D eigenvalue weighted by molar-refractivity contribution is 5.94. The average Bonchev–Trinajstić information content (AvgIpc) is 2.55. The third-order valence-corrected chi connectivity index (χ3v) is 3.21. The van der Waals surface area contributed by atoms with Crippen molar-refractivity contribution < 1.29 is 14.6 Å². The van der Waals surface area contributed by atoms with Gasteiger partial charge in [0.15, 0.2) is 11.5 Å². The molecule has 0 radical (unpaired) electrons. The molecule has 0 unspecified atom stereocenters. The van der Waals surface area contributed by atoms with Crippen LogP contribution in [0, 0.1) is 0 Å². The van der Waals surface area contributed by atoms with E-state index < -0.39 is 0 Å². The lowest BCUT2D eigenvalue weighted by atomic mass is 10.1. The molecule has 5 heteroatoms. The normalized spacial score (nSPS) is 10.6. The third kappa shape index (κ3) is 3.85. The Labute approximate surface area is 129 Å². The van der Waals surface area contributed by atoms with Gasteiger partial charge < -0.3 is 9.84 Å². The van der Waals surface area contributed by atoms with Crippen LogP contribution in [0.1, 0.15) is 28.4 Å². The van der Waals surface area contributed by atoms with Crippen LogP contribution in [-0.4, -0.2) is 24.3 Å². The van der Waals surface area contributed by atoms with Crippen LogP contribution >= 0.6 is 0 Å². The predicted octanol–water partition coefficient (Wildman–Crippen LogP) is 2.73. The first-order valence-electron chi connectivity index (χ1n) is 6.93. The first kappa shape index (κ1) is 15.6. The van der Waals surface area contributed by atoms with Crippen molar-refractivity contribution in [2.75, 3.05) is 7.11 Å². The van der Waals surface area contributed by atoms with Gasteiger partial charge in [-0.1, -0.05) is 19.1 Å². The highest BCUT2D eigenvalue weighted by Crippen LogP contribution is 2.25. The fraction of sp³-hybridized carbons (Fsp3) is 0.176. The van der Waals surface area contributed by atoms with Crippen molar-refractivity contribution in [2.45, 2.75) is 13.3 Å². The van der Waals surface area contributed by atoms with E-state index >= 15 is 0 Å². The number of benzene rings is 2. The van der Waals surface area contributed by atoms with E-state index in [1.54, 1.807) is 24.3 Å². The molecule has 0 saturated carbocycles. The van der Waals surface area contributed by atoms with E-state index in [4.69, 9.17) is 4.74 Å². The van der Waals surface area contributed by atoms with Crippen molar-refractivity contribution in [1.82, 2.24) is 5.43 Å². The van der Waals surface area contributed by atoms with Gasteiger partial charge in [-0.3, -0.25) is 4.79 Å². The van der Waals surface area contributed by atoms with Crippen molar-refractivity contribution in [3.05, 3.63) is 59.2 Å². The van der Waals surface area contributed by atoms with Crippen molar-refractivity contribution in [1.29, 1.82) is 0 Å². The number of hydrogen-bond acceptors (Lipinski definition) is 4. The molecule has 22 heavy (non-hydrogen) atoms. The Morgan fingerprint density at radius 2 is 2.00 bits per heavy atom. The molecule has 2 rings (SSSR count). The predicted molar refractivity (Wildman–Crippen MR) is 85.5 cm³/mol. The molecule has 0 fully saturated rings. The second kappa shape index (κ2) is 7.26. The first-order chi connectivity index (χ1) is 10.6. The summed E-state index contributed by atoms with van der Waals surface area (Å²) in [7, 11) is 1.48. The molecule has 0 aliphatic rings. The topological polar surface area (TPSA) is 70.9 Å². The number of phenols is 1. The molecule has 0 aliphatic heterocycles. The van der Waals surface area contributed by atoms with Crippen LogP contribution in [-0.2, 0) is 6.42 Å². The molecular formula is C17H18N2O3. The van der Waals surface area contributed by atoms with Gasteiger partial charge in [0, 0.05) is 5.56 Å². The highest BCUT2D eigenvalue weighted by Gasteiger charge is 2.04. The number of aromatic hydroxyl groups is 1. The lowest BCUT2D eigenvalue weighted by Crippen LogP contribution is -2.17. The van der Waals surface area contributed by atoms with Crippen LogP contribution < -0.4 is 10.2 Å². The number of carbonyl (C=O) groups is 1. The van der Waals surface area contributed by atoms with Gasteiger partial charge >= 0.3 is 0 Å². The van der Waals surface area contributed by atoms with Gasteiger partial charge in [-0.2, -0.15) is 5.10 Å². The molecule has 5 nitrogen and oxygen atoms in total. The minimum absolute atomic E-state index is 0.0212. The molecule has 0 bridgehead atoms. The van der Waals surface area contributed by atoms with Crippen LogP contribution in [0.2, 0.25) is 0 Å². The van der Waals surface area contributed by atoms with Crippen LogP contribution in [0.4, 0.5) is 0 Å². The summed E-state index contributed by atoms with van der Waals surface area (Å²) >= 11 is 0. The van der Waals surface area contributed by atoms with E-state index in [9.17, 15) is 9.90 Å². The zero-order chi connectivity index (χ0) is 15.9. The number of phenolic OH excluding ortho intramolecular Hbond substituents is 1. The fourth-order valence-corrected chi connectivity index (χ4v) is 1.91. The number of rotatable bonds is 5. The second-order valence-corrected chi connectivity index (χ2v) is 4.68. The molecule has 0 atom stereocenters. The van der Waals surface area contributed by atoms with E-state index in [0.29, 0.717) is 16.9 Å². The van der Waals surface area contributed by atoms with E-state index in [0.717, 1.165) is 6.42 Å². The maximum Gasteiger partial charge on any atom is 0.271 e. The van der Waals surface area contributed by atoms with Gasteiger partial charge in [0.1, 0.15) is 0 Å². The Bertz CT molecular complexity index is 679. The van der Waals surface area contributed by atoms with Crippen LogP contribution in [0.5, 0.6) is 11.5 Å². The molecular weight excluding hydrogens is 280 g/mol. The smallest absolute Gasteiger partial charge is 0.271 e.